The molecule has 0 unspecified atom stereocenters. The summed E-state index contributed by atoms with van der Waals surface area (Å²) in [7, 11) is 0. The number of benzene rings is 2. The van der Waals surface area contributed by atoms with E-state index in [2.05, 4.69) is 19.1 Å². The molecule has 2 aromatic rings. The van der Waals surface area contributed by atoms with Crippen LogP contribution in [0.1, 0.15) is 80.5 Å². The monoisotopic (exact) mass is 422 g/mol. The largest absolute Gasteiger partial charge is 0.422 e. The van der Waals surface area contributed by atoms with Crippen LogP contribution in [0.3, 0.4) is 0 Å². The zero-order valence-corrected chi connectivity index (χ0v) is 17.3. The van der Waals surface area contributed by atoms with Gasteiger partial charge in [-0.25, -0.2) is 8.78 Å². The van der Waals surface area contributed by atoms with Gasteiger partial charge >= 0.3 is 6.18 Å². The summed E-state index contributed by atoms with van der Waals surface area (Å²) in [5.74, 6) is -1.78. The number of rotatable bonds is 5. The van der Waals surface area contributed by atoms with Gasteiger partial charge in [0, 0.05) is 0 Å². The molecule has 0 aromatic heterocycles. The third-order valence-corrected chi connectivity index (χ3v) is 6.12. The molecule has 0 heterocycles. The number of halogens is 5. The van der Waals surface area contributed by atoms with Crippen LogP contribution in [-0.4, -0.2) is 0 Å². The van der Waals surface area contributed by atoms with Crippen molar-refractivity contribution in [1.82, 2.24) is 0 Å². The summed E-state index contributed by atoms with van der Waals surface area (Å²) in [5, 5.41) is 0. The van der Waals surface area contributed by atoms with Gasteiger partial charge in [0.05, 0.1) is 0 Å². The highest BCUT2D eigenvalue weighted by Gasteiger charge is 2.37. The first-order valence-corrected chi connectivity index (χ1v) is 10.5. The molecule has 162 valence electrons. The quantitative estimate of drug-likeness (QED) is 0.334. The molecule has 30 heavy (non-hydrogen) atoms. The van der Waals surface area contributed by atoms with Gasteiger partial charge in [0.15, 0.2) is 0 Å². The van der Waals surface area contributed by atoms with Gasteiger partial charge in [-0.2, -0.15) is 13.2 Å². The van der Waals surface area contributed by atoms with E-state index in [1.54, 1.807) is 13.0 Å². The molecule has 5 heteroatoms. The summed E-state index contributed by atoms with van der Waals surface area (Å²) >= 11 is 0. The van der Waals surface area contributed by atoms with Gasteiger partial charge in [-0.05, 0) is 78.8 Å². The van der Waals surface area contributed by atoms with Crippen LogP contribution in [0.15, 0.2) is 36.4 Å². The maximum absolute atomic E-state index is 13.9. The third kappa shape index (κ3) is 5.30. The minimum Gasteiger partial charge on any atom is -0.206 e. The van der Waals surface area contributed by atoms with Crippen LogP contribution in [0, 0.1) is 17.6 Å². The Morgan fingerprint density at radius 3 is 2.03 bits per heavy atom. The zero-order valence-electron chi connectivity index (χ0n) is 17.3. The molecule has 0 nitrogen and oxygen atoms in total. The van der Waals surface area contributed by atoms with E-state index in [0.717, 1.165) is 23.6 Å². The van der Waals surface area contributed by atoms with Crippen molar-refractivity contribution in [3.8, 4) is 0 Å². The lowest BCUT2D eigenvalue weighted by Gasteiger charge is -2.28. The lowest BCUT2D eigenvalue weighted by molar-refractivity contribution is -0.142. The number of hydrogen-bond acceptors (Lipinski definition) is 0. The molecule has 1 fully saturated rings. The normalized spacial score (nSPS) is 20.4. The second kappa shape index (κ2) is 9.32. The molecule has 0 spiro atoms. The highest BCUT2D eigenvalue weighted by atomic mass is 19.4. The van der Waals surface area contributed by atoms with E-state index in [1.165, 1.54) is 44.1 Å². The third-order valence-electron chi connectivity index (χ3n) is 6.12. The summed E-state index contributed by atoms with van der Waals surface area (Å²) in [4.78, 5) is 0. The summed E-state index contributed by atoms with van der Waals surface area (Å²) in [5.41, 5.74) is 0.880. The SMILES string of the molecule is CCCC1CCC(c2ccc(C=C(C)c3cc(F)c(C(F)(F)F)c(F)c3)cc2)CC1. The van der Waals surface area contributed by atoms with Crippen molar-refractivity contribution >= 4 is 11.6 Å². The molecular weight excluding hydrogens is 395 g/mol. The molecule has 1 aliphatic carbocycles. The van der Waals surface area contributed by atoms with E-state index in [-0.39, 0.29) is 5.56 Å². The van der Waals surface area contributed by atoms with Crippen molar-refractivity contribution in [2.75, 3.05) is 0 Å². The molecule has 0 bridgehead atoms. The van der Waals surface area contributed by atoms with E-state index in [1.807, 2.05) is 12.1 Å². The molecule has 0 saturated heterocycles. The number of hydrogen-bond donors (Lipinski definition) is 0. The first-order chi connectivity index (χ1) is 14.2. The lowest BCUT2D eigenvalue weighted by Crippen LogP contribution is -2.13. The lowest BCUT2D eigenvalue weighted by atomic mass is 9.77. The molecule has 0 amide bonds. The van der Waals surface area contributed by atoms with E-state index in [0.29, 0.717) is 11.5 Å². The van der Waals surface area contributed by atoms with Crippen molar-refractivity contribution in [1.29, 1.82) is 0 Å². The molecular formula is C25H27F5. The van der Waals surface area contributed by atoms with Crippen LogP contribution in [0.2, 0.25) is 0 Å². The predicted molar refractivity (Wildman–Crippen MR) is 111 cm³/mol. The second-order valence-corrected chi connectivity index (χ2v) is 8.31. The van der Waals surface area contributed by atoms with Crippen LogP contribution in [0.5, 0.6) is 0 Å². The minimum atomic E-state index is -5.06. The number of alkyl halides is 3. The Hall–Kier alpha value is -2.17. The molecule has 0 radical (unpaired) electrons. The molecule has 0 aliphatic heterocycles. The first-order valence-electron chi connectivity index (χ1n) is 10.5. The fourth-order valence-electron chi connectivity index (χ4n) is 4.46. The Bertz CT molecular complexity index is 862. The fraction of sp³-hybridized carbons (Fsp3) is 0.440. The molecule has 3 rings (SSSR count). The Balaban J connectivity index is 1.73. The predicted octanol–water partition coefficient (Wildman–Crippen LogP) is 8.62. The van der Waals surface area contributed by atoms with Crippen LogP contribution in [0.4, 0.5) is 22.0 Å². The molecule has 1 aliphatic rings. The molecule has 0 atom stereocenters. The van der Waals surface area contributed by atoms with Gasteiger partial charge in [-0.15, -0.1) is 0 Å². The Kier molecular flexibility index (Phi) is 6.99. The van der Waals surface area contributed by atoms with Gasteiger partial charge in [-0.1, -0.05) is 50.1 Å². The summed E-state index contributed by atoms with van der Waals surface area (Å²) in [6, 6.07) is 9.54. The van der Waals surface area contributed by atoms with Crippen LogP contribution in [0.25, 0.3) is 11.6 Å². The Labute approximate surface area is 174 Å². The molecule has 1 saturated carbocycles. The highest BCUT2D eigenvalue weighted by Crippen LogP contribution is 2.38. The maximum Gasteiger partial charge on any atom is 0.422 e. The van der Waals surface area contributed by atoms with Crippen LogP contribution in [-0.2, 0) is 6.18 Å². The van der Waals surface area contributed by atoms with Gasteiger partial charge in [0.25, 0.3) is 0 Å². The zero-order chi connectivity index (χ0) is 21.9. The standard InChI is InChI=1S/C25H27F5/c1-3-4-17-5-9-19(10-6-17)20-11-7-18(8-12-20)13-16(2)21-14-22(26)24(23(27)15-21)25(28,29)30/h7-8,11-15,17,19H,3-6,9-10H2,1-2H3. The fourth-order valence-corrected chi connectivity index (χ4v) is 4.46. The van der Waals surface area contributed by atoms with Gasteiger partial charge in [0.1, 0.15) is 17.2 Å². The smallest absolute Gasteiger partial charge is 0.206 e. The van der Waals surface area contributed by atoms with Gasteiger partial charge < -0.3 is 0 Å². The average Bonchev–Trinajstić information content (AvgIpc) is 2.68. The Morgan fingerprint density at radius 1 is 0.967 bits per heavy atom. The van der Waals surface area contributed by atoms with Crippen molar-refractivity contribution in [3.05, 3.63) is 70.3 Å². The van der Waals surface area contributed by atoms with Crippen LogP contribution < -0.4 is 0 Å². The minimum absolute atomic E-state index is 0.0938. The molecule has 2 aromatic carbocycles. The van der Waals surface area contributed by atoms with Crippen molar-refractivity contribution in [2.24, 2.45) is 5.92 Å². The van der Waals surface area contributed by atoms with Gasteiger partial charge in [-0.3, -0.25) is 0 Å². The summed E-state index contributed by atoms with van der Waals surface area (Å²) in [6.07, 6.45) is 4.14. The Morgan fingerprint density at radius 2 is 1.53 bits per heavy atom. The summed E-state index contributed by atoms with van der Waals surface area (Å²) < 4.78 is 65.9. The van der Waals surface area contributed by atoms with Crippen molar-refractivity contribution in [2.45, 2.75) is 64.5 Å². The summed E-state index contributed by atoms with van der Waals surface area (Å²) in [6.45, 7) is 3.86. The highest BCUT2D eigenvalue weighted by molar-refractivity contribution is 5.80. The first kappa shape index (κ1) is 22.5. The van der Waals surface area contributed by atoms with E-state index >= 15 is 0 Å². The topological polar surface area (TPSA) is 0 Å². The average molecular weight is 422 g/mol. The second-order valence-electron chi connectivity index (χ2n) is 8.31. The van der Waals surface area contributed by atoms with Gasteiger partial charge in [0.2, 0.25) is 0 Å². The number of allylic oxidation sites excluding steroid dienone is 1. The maximum atomic E-state index is 13.9. The van der Waals surface area contributed by atoms with E-state index < -0.39 is 23.4 Å². The van der Waals surface area contributed by atoms with Crippen LogP contribution >= 0.6 is 0 Å². The molecule has 0 N–H and O–H groups in total. The van der Waals surface area contributed by atoms with E-state index in [9.17, 15) is 22.0 Å². The van der Waals surface area contributed by atoms with Crippen molar-refractivity contribution < 1.29 is 22.0 Å². The van der Waals surface area contributed by atoms with Crippen molar-refractivity contribution in [3.63, 3.8) is 0 Å². The van der Waals surface area contributed by atoms with E-state index in [4.69, 9.17) is 0 Å².